The molecule has 0 bridgehead atoms. The highest BCUT2D eigenvalue weighted by atomic mass is 32.1. The van der Waals surface area contributed by atoms with Crippen molar-refractivity contribution in [3.8, 4) is 0 Å². The van der Waals surface area contributed by atoms with Crippen LogP contribution in [0.5, 0.6) is 0 Å². The minimum Gasteiger partial charge on any atom is -0.335 e. The number of nitrogens with zero attached hydrogens (tertiary/aromatic N) is 1. The lowest BCUT2D eigenvalue weighted by Crippen LogP contribution is -2.25. The fourth-order valence-corrected chi connectivity index (χ4v) is 1.12. The second-order valence-corrected chi connectivity index (χ2v) is 3.06. The molecule has 1 rings (SSSR count). The van der Waals surface area contributed by atoms with Crippen LogP contribution < -0.4 is 0 Å². The van der Waals surface area contributed by atoms with Crippen LogP contribution in [0.2, 0.25) is 0 Å². The average Bonchev–Trinajstić information content (AvgIpc) is 2.01. The number of halogens is 4. The summed E-state index contributed by atoms with van der Waals surface area (Å²) in [7, 11) is 0. The maximum absolute atomic E-state index is 12.8. The van der Waals surface area contributed by atoms with Crippen molar-refractivity contribution in [1.82, 2.24) is 9.97 Å². The molecule has 1 heterocycles. The van der Waals surface area contributed by atoms with E-state index in [4.69, 9.17) is 0 Å². The summed E-state index contributed by atoms with van der Waals surface area (Å²) in [6.07, 6.45) is -3.79. The van der Waals surface area contributed by atoms with Gasteiger partial charge in [-0.1, -0.05) is 0 Å². The maximum atomic E-state index is 12.8. The summed E-state index contributed by atoms with van der Waals surface area (Å²) in [5, 5.41) is 0. The van der Waals surface area contributed by atoms with Crippen LogP contribution in [0.15, 0.2) is 6.07 Å². The first-order valence-electron chi connectivity index (χ1n) is 3.58. The lowest BCUT2D eigenvalue weighted by Gasteiger charge is -2.14. The van der Waals surface area contributed by atoms with Crippen molar-refractivity contribution in [2.24, 2.45) is 0 Å². The number of nitrogens with one attached hydrogen (secondary N) is 1. The molecule has 7 heteroatoms. The molecule has 0 unspecified atom stereocenters. The molecule has 14 heavy (non-hydrogen) atoms. The molecule has 0 amide bonds. The first-order chi connectivity index (χ1) is 6.34. The number of H-pyrrole nitrogens is 1. The molecule has 0 aliphatic carbocycles. The number of rotatable bonds is 2. The normalized spacial score (nSPS) is 12.1. The van der Waals surface area contributed by atoms with Gasteiger partial charge in [0.05, 0.1) is 0 Å². The molecular formula is C7H6F4N2S. The van der Waals surface area contributed by atoms with Crippen LogP contribution in [-0.2, 0) is 5.92 Å². The van der Waals surface area contributed by atoms with Gasteiger partial charge in [0, 0.05) is 5.69 Å². The molecule has 0 fully saturated rings. The van der Waals surface area contributed by atoms with E-state index in [0.717, 1.165) is 6.07 Å². The second kappa shape index (κ2) is 3.64. The van der Waals surface area contributed by atoms with Crippen LogP contribution >= 0.6 is 12.2 Å². The van der Waals surface area contributed by atoms with Gasteiger partial charge in [0.1, 0.15) is 5.69 Å². The van der Waals surface area contributed by atoms with E-state index in [-0.39, 0.29) is 10.5 Å². The lowest BCUT2D eigenvalue weighted by atomic mass is 10.2. The van der Waals surface area contributed by atoms with E-state index in [1.54, 1.807) is 0 Å². The van der Waals surface area contributed by atoms with Gasteiger partial charge in [0.15, 0.2) is 4.77 Å². The third-order valence-electron chi connectivity index (χ3n) is 1.49. The Bertz CT molecular complexity index is 388. The number of aryl methyl sites for hydroxylation is 1. The summed E-state index contributed by atoms with van der Waals surface area (Å²) < 4.78 is 49.2. The topological polar surface area (TPSA) is 28.7 Å². The summed E-state index contributed by atoms with van der Waals surface area (Å²) in [5.74, 6) is -4.26. The standard InChI is InChI=1S/C7H6F4N2S/c1-3-2-4(13-6(14)12-3)7(10,11)5(8)9/h2,5H,1H3,(H,12,13,14). The van der Waals surface area contributed by atoms with Gasteiger partial charge in [-0.05, 0) is 25.2 Å². The Morgan fingerprint density at radius 3 is 2.50 bits per heavy atom. The molecule has 0 saturated carbocycles. The summed E-state index contributed by atoms with van der Waals surface area (Å²) in [4.78, 5) is 5.60. The fraction of sp³-hybridized carbons (Fsp3) is 0.429. The van der Waals surface area contributed by atoms with Crippen molar-refractivity contribution in [1.29, 1.82) is 0 Å². The van der Waals surface area contributed by atoms with E-state index in [1.165, 1.54) is 6.92 Å². The molecule has 0 aliphatic rings. The highest BCUT2D eigenvalue weighted by molar-refractivity contribution is 7.71. The monoisotopic (exact) mass is 226 g/mol. The third-order valence-corrected chi connectivity index (χ3v) is 1.69. The first-order valence-corrected chi connectivity index (χ1v) is 3.99. The lowest BCUT2D eigenvalue weighted by molar-refractivity contribution is -0.138. The Morgan fingerprint density at radius 2 is 2.07 bits per heavy atom. The molecule has 0 saturated heterocycles. The van der Waals surface area contributed by atoms with Gasteiger partial charge in [-0.3, -0.25) is 0 Å². The Hall–Kier alpha value is -0.980. The summed E-state index contributed by atoms with van der Waals surface area (Å²) in [6.45, 7) is 1.43. The third kappa shape index (κ3) is 2.09. The van der Waals surface area contributed by atoms with Crippen LogP contribution in [0.25, 0.3) is 0 Å². The van der Waals surface area contributed by atoms with Crippen LogP contribution in [0.3, 0.4) is 0 Å². The minimum atomic E-state index is -4.26. The maximum Gasteiger partial charge on any atom is 0.349 e. The van der Waals surface area contributed by atoms with Crippen molar-refractivity contribution in [3.05, 3.63) is 22.2 Å². The Kier molecular flexibility index (Phi) is 2.89. The number of hydrogen-bond acceptors (Lipinski definition) is 2. The summed E-state index contributed by atoms with van der Waals surface area (Å²) >= 11 is 4.50. The van der Waals surface area contributed by atoms with E-state index in [2.05, 4.69) is 22.2 Å². The van der Waals surface area contributed by atoms with Crippen molar-refractivity contribution < 1.29 is 17.6 Å². The molecule has 78 valence electrons. The van der Waals surface area contributed by atoms with Crippen LogP contribution in [-0.4, -0.2) is 16.4 Å². The molecule has 1 aromatic rings. The van der Waals surface area contributed by atoms with E-state index < -0.39 is 18.0 Å². The van der Waals surface area contributed by atoms with Crippen molar-refractivity contribution in [3.63, 3.8) is 0 Å². The smallest absolute Gasteiger partial charge is 0.335 e. The van der Waals surface area contributed by atoms with Crippen LogP contribution in [0.4, 0.5) is 17.6 Å². The zero-order valence-corrected chi connectivity index (χ0v) is 7.84. The van der Waals surface area contributed by atoms with E-state index in [0.29, 0.717) is 0 Å². The predicted molar refractivity (Wildman–Crippen MR) is 44.1 cm³/mol. The number of aromatic nitrogens is 2. The molecule has 1 aromatic heterocycles. The fourth-order valence-electron chi connectivity index (χ4n) is 0.862. The van der Waals surface area contributed by atoms with Crippen molar-refractivity contribution >= 4 is 12.2 Å². The van der Waals surface area contributed by atoms with Gasteiger partial charge in [0.2, 0.25) is 0 Å². The van der Waals surface area contributed by atoms with Gasteiger partial charge in [0.25, 0.3) is 0 Å². The van der Waals surface area contributed by atoms with Crippen molar-refractivity contribution in [2.75, 3.05) is 0 Å². The molecule has 0 radical (unpaired) electrons. The molecule has 0 spiro atoms. The molecule has 0 aromatic carbocycles. The van der Waals surface area contributed by atoms with Crippen LogP contribution in [0.1, 0.15) is 11.4 Å². The quantitative estimate of drug-likeness (QED) is 0.620. The molecular weight excluding hydrogens is 220 g/mol. The van der Waals surface area contributed by atoms with Crippen molar-refractivity contribution in [2.45, 2.75) is 19.3 Å². The Morgan fingerprint density at radius 1 is 1.50 bits per heavy atom. The van der Waals surface area contributed by atoms with Gasteiger partial charge in [-0.15, -0.1) is 0 Å². The Balaban J connectivity index is 3.25. The number of aromatic amines is 1. The highest BCUT2D eigenvalue weighted by Gasteiger charge is 2.44. The molecule has 1 N–H and O–H groups in total. The van der Waals surface area contributed by atoms with Gasteiger partial charge in [-0.25, -0.2) is 13.8 Å². The average molecular weight is 226 g/mol. The minimum absolute atomic E-state index is 0.236. The number of hydrogen-bond donors (Lipinski definition) is 1. The Labute approximate surface area is 82.0 Å². The molecule has 0 aliphatic heterocycles. The first kappa shape index (κ1) is 11.1. The van der Waals surface area contributed by atoms with Gasteiger partial charge >= 0.3 is 12.3 Å². The van der Waals surface area contributed by atoms with E-state index >= 15 is 0 Å². The van der Waals surface area contributed by atoms with E-state index in [9.17, 15) is 17.6 Å². The van der Waals surface area contributed by atoms with E-state index in [1.807, 2.05) is 0 Å². The second-order valence-electron chi connectivity index (χ2n) is 2.68. The SMILES string of the molecule is Cc1cc(C(F)(F)C(F)F)nc(=S)[nH]1. The number of alkyl halides is 4. The zero-order chi connectivity index (χ0) is 10.9. The highest BCUT2D eigenvalue weighted by Crippen LogP contribution is 2.32. The van der Waals surface area contributed by atoms with Gasteiger partial charge < -0.3 is 4.98 Å². The van der Waals surface area contributed by atoms with Crippen LogP contribution in [0, 0.1) is 11.7 Å². The largest absolute Gasteiger partial charge is 0.349 e. The van der Waals surface area contributed by atoms with Gasteiger partial charge in [-0.2, -0.15) is 8.78 Å². The molecule has 0 atom stereocenters. The zero-order valence-electron chi connectivity index (χ0n) is 7.02. The predicted octanol–water partition coefficient (Wildman–Crippen LogP) is 2.80. The summed E-state index contributed by atoms with van der Waals surface area (Å²) in [5.41, 5.74) is -0.742. The molecule has 2 nitrogen and oxygen atoms in total. The summed E-state index contributed by atoms with van der Waals surface area (Å²) in [6, 6.07) is 0.849.